The van der Waals surface area contributed by atoms with E-state index < -0.39 is 63.7 Å². The normalized spacial score (nSPS) is 18.8. The highest BCUT2D eigenvalue weighted by Gasteiger charge is 2.57. The molecular formula is C34H31F3N4O5S2. The smallest absolute Gasteiger partial charge is 0.418 e. The van der Waals surface area contributed by atoms with E-state index in [-0.39, 0.29) is 0 Å². The van der Waals surface area contributed by atoms with Crippen molar-refractivity contribution < 1.29 is 32.3 Å². The number of imide groups is 1. The summed E-state index contributed by atoms with van der Waals surface area (Å²) in [5.41, 5.74) is 0.618. The van der Waals surface area contributed by atoms with Crippen LogP contribution in [0.3, 0.4) is 0 Å². The number of benzene rings is 3. The van der Waals surface area contributed by atoms with Crippen molar-refractivity contribution in [3.63, 3.8) is 0 Å². The topological polar surface area (TPSA) is 101 Å². The van der Waals surface area contributed by atoms with E-state index in [1.54, 1.807) is 24.3 Å². The molecule has 1 N–H and O–H groups in total. The number of methoxy groups -OCH3 is 1. The van der Waals surface area contributed by atoms with Gasteiger partial charge in [-0.25, -0.2) is 4.90 Å². The summed E-state index contributed by atoms with van der Waals surface area (Å²) in [5, 5.41) is 1.70. The molecule has 3 heterocycles. The number of fused-ring (bicyclic) bond motifs is 2. The molecule has 1 saturated heterocycles. The number of amides is 3. The molecule has 3 amide bonds. The Hall–Kier alpha value is -4.56. The Labute approximate surface area is 282 Å². The molecular weight excluding hydrogens is 666 g/mol. The number of hydrogen-bond acceptors (Lipinski definition) is 8. The van der Waals surface area contributed by atoms with Gasteiger partial charge in [0.25, 0.3) is 0 Å². The van der Waals surface area contributed by atoms with Crippen molar-refractivity contribution in [3.8, 4) is 5.75 Å². The Kier molecular flexibility index (Phi) is 9.14. The van der Waals surface area contributed by atoms with Crippen molar-refractivity contribution >= 4 is 57.9 Å². The maximum atomic E-state index is 14.2. The number of carbonyl (C=O) groups is 3. The number of alkyl halides is 3. The number of thiazole rings is 1. The van der Waals surface area contributed by atoms with Gasteiger partial charge in [0.1, 0.15) is 17.5 Å². The summed E-state index contributed by atoms with van der Waals surface area (Å²) < 4.78 is 47.2. The van der Waals surface area contributed by atoms with Crippen LogP contribution in [-0.4, -0.2) is 47.7 Å². The fraction of sp³-hybridized carbons (Fsp3) is 0.294. The van der Waals surface area contributed by atoms with Crippen LogP contribution in [0.25, 0.3) is 0 Å². The second-order valence-corrected chi connectivity index (χ2v) is 13.4. The lowest BCUT2D eigenvalue weighted by Gasteiger charge is -2.31. The molecule has 14 heteroatoms. The van der Waals surface area contributed by atoms with Crippen molar-refractivity contribution in [1.29, 1.82) is 0 Å². The number of thioether (sulfide) groups is 1. The van der Waals surface area contributed by atoms with Gasteiger partial charge in [-0.2, -0.15) is 13.2 Å². The first-order chi connectivity index (χ1) is 23.0. The Morgan fingerprint density at radius 2 is 1.60 bits per heavy atom. The molecule has 0 spiro atoms. The summed E-state index contributed by atoms with van der Waals surface area (Å²) in [7, 11) is 1.51. The fourth-order valence-electron chi connectivity index (χ4n) is 6.25. The largest absolute Gasteiger partial charge is 0.497 e. The van der Waals surface area contributed by atoms with Gasteiger partial charge in [0.15, 0.2) is 0 Å². The van der Waals surface area contributed by atoms with E-state index in [0.717, 1.165) is 64.5 Å². The van der Waals surface area contributed by atoms with Crippen molar-refractivity contribution in [2.45, 2.75) is 42.8 Å². The van der Waals surface area contributed by atoms with E-state index in [1.807, 2.05) is 38.1 Å². The summed E-state index contributed by atoms with van der Waals surface area (Å²) in [5.74, 6) is -2.71. The van der Waals surface area contributed by atoms with Crippen LogP contribution in [0.1, 0.15) is 35.8 Å². The zero-order valence-corrected chi connectivity index (χ0v) is 27.7. The summed E-state index contributed by atoms with van der Waals surface area (Å²) >= 11 is 1.90. The second kappa shape index (κ2) is 13.2. The molecule has 3 atom stereocenters. The van der Waals surface area contributed by atoms with Crippen LogP contribution in [0.5, 0.6) is 5.75 Å². The highest BCUT2D eigenvalue weighted by molar-refractivity contribution is 8.00. The molecule has 2 aliphatic rings. The number of halogens is 3. The van der Waals surface area contributed by atoms with E-state index in [2.05, 4.69) is 10.2 Å². The highest BCUT2D eigenvalue weighted by Crippen LogP contribution is 2.54. The summed E-state index contributed by atoms with van der Waals surface area (Å²) in [6, 6.07) is 18.8. The minimum absolute atomic E-state index is 0.334. The first-order valence-electron chi connectivity index (χ1n) is 15.2. The van der Waals surface area contributed by atoms with Crippen molar-refractivity contribution in [1.82, 2.24) is 4.57 Å². The number of para-hydroxylation sites is 1. The van der Waals surface area contributed by atoms with Crippen LogP contribution in [-0.2, 0) is 27.1 Å². The third-order valence-electron chi connectivity index (χ3n) is 8.57. The number of nitrogens with zero attached hydrogens (tertiary/aromatic N) is 3. The average molecular weight is 697 g/mol. The Morgan fingerprint density at radius 1 is 0.938 bits per heavy atom. The van der Waals surface area contributed by atoms with E-state index in [0.29, 0.717) is 21.3 Å². The van der Waals surface area contributed by atoms with Crippen LogP contribution >= 0.6 is 23.1 Å². The van der Waals surface area contributed by atoms with Crippen LogP contribution < -0.4 is 24.7 Å². The van der Waals surface area contributed by atoms with Crippen molar-refractivity contribution in [2.24, 2.45) is 5.92 Å². The van der Waals surface area contributed by atoms with Crippen molar-refractivity contribution in [3.05, 3.63) is 98.5 Å². The van der Waals surface area contributed by atoms with Crippen LogP contribution in [0.4, 0.5) is 30.2 Å². The molecule has 48 heavy (non-hydrogen) atoms. The number of ether oxygens (including phenoxy) is 1. The lowest BCUT2D eigenvalue weighted by atomic mass is 9.83. The highest BCUT2D eigenvalue weighted by atomic mass is 32.2. The Balaban J connectivity index is 1.40. The summed E-state index contributed by atoms with van der Waals surface area (Å²) in [6.45, 7) is 5.07. The third-order valence-corrected chi connectivity index (χ3v) is 11.2. The zero-order chi connectivity index (χ0) is 34.3. The lowest BCUT2D eigenvalue weighted by molar-refractivity contribution is -0.137. The van der Waals surface area contributed by atoms with Gasteiger partial charge in [0.05, 0.1) is 35.0 Å². The van der Waals surface area contributed by atoms with E-state index >= 15 is 0 Å². The third kappa shape index (κ3) is 5.98. The number of aromatic nitrogens is 1. The Bertz CT molecular complexity index is 1920. The van der Waals surface area contributed by atoms with Crippen LogP contribution in [0.2, 0.25) is 0 Å². The molecule has 1 aromatic heterocycles. The molecule has 9 nitrogen and oxygen atoms in total. The van der Waals surface area contributed by atoms with E-state index in [9.17, 15) is 32.3 Å². The second-order valence-electron chi connectivity index (χ2n) is 11.2. The fourth-order valence-corrected chi connectivity index (χ4v) is 9.03. The lowest BCUT2D eigenvalue weighted by Crippen LogP contribution is -2.33. The van der Waals surface area contributed by atoms with E-state index in [4.69, 9.17) is 4.74 Å². The van der Waals surface area contributed by atoms with Crippen LogP contribution in [0, 0.1) is 5.92 Å². The maximum Gasteiger partial charge on any atom is 0.418 e. The van der Waals surface area contributed by atoms with Crippen LogP contribution in [0.15, 0.2) is 82.6 Å². The minimum Gasteiger partial charge on any atom is -0.497 e. The van der Waals surface area contributed by atoms with Crippen molar-refractivity contribution in [2.75, 3.05) is 35.3 Å². The summed E-state index contributed by atoms with van der Waals surface area (Å²) in [4.78, 5) is 58.1. The molecule has 2 aliphatic heterocycles. The SMILES string of the molecule is CCN(CC)c1ccc([C@@H]2c3sc(=O)n(CC(=O)Nc4ccccc4C(F)(F)F)c3S[C@H]3C(=O)N(c4ccc(OC)cc4)C(=O)[C@@H]23)cc1. The predicted molar refractivity (Wildman–Crippen MR) is 179 cm³/mol. The Morgan fingerprint density at radius 3 is 2.23 bits per heavy atom. The van der Waals surface area contributed by atoms with Gasteiger partial charge in [-0.05, 0) is 67.9 Å². The molecule has 0 radical (unpaired) electrons. The quantitative estimate of drug-likeness (QED) is 0.208. The van der Waals surface area contributed by atoms with Gasteiger partial charge in [0, 0.05) is 29.6 Å². The molecule has 0 unspecified atom stereocenters. The standard InChI is InChI=1S/C34H31F3N4O5S2/c1-4-39(5-2)20-12-10-19(11-13-20)26-27-28(31(44)41(30(27)43)21-14-16-22(46-3)17-15-21)47-32-29(26)48-33(45)40(32)18-25(42)38-24-9-7-6-8-23(24)34(35,36)37/h6-17,26-28H,4-5,18H2,1-3H3,(H,38,42)/t26-,27-,28+/m0/s1. The number of rotatable bonds is 9. The number of anilines is 3. The minimum atomic E-state index is -4.70. The van der Waals surface area contributed by atoms with Gasteiger partial charge in [-0.15, -0.1) is 0 Å². The average Bonchev–Trinajstić information content (AvgIpc) is 3.51. The van der Waals surface area contributed by atoms with Gasteiger partial charge in [0.2, 0.25) is 17.7 Å². The summed E-state index contributed by atoms with van der Waals surface area (Å²) in [6.07, 6.45) is -4.70. The van der Waals surface area contributed by atoms with E-state index in [1.165, 1.54) is 23.8 Å². The van der Waals surface area contributed by atoms with Gasteiger partial charge in [-0.1, -0.05) is 47.4 Å². The molecule has 0 aliphatic carbocycles. The maximum absolute atomic E-state index is 14.2. The molecule has 250 valence electrons. The number of nitrogens with one attached hydrogen (secondary N) is 1. The molecule has 3 aromatic carbocycles. The number of hydrogen-bond donors (Lipinski definition) is 1. The number of carbonyl (C=O) groups excluding carboxylic acids is 3. The molecule has 0 bridgehead atoms. The molecule has 6 rings (SSSR count). The monoisotopic (exact) mass is 696 g/mol. The molecule has 1 fully saturated rings. The first-order valence-corrected chi connectivity index (χ1v) is 16.9. The first kappa shape index (κ1) is 33.3. The van der Waals surface area contributed by atoms with Gasteiger partial charge in [-0.3, -0.25) is 23.7 Å². The zero-order valence-electron chi connectivity index (χ0n) is 26.1. The van der Waals surface area contributed by atoms with Gasteiger partial charge >= 0.3 is 11.0 Å². The molecule has 4 aromatic rings. The van der Waals surface area contributed by atoms with Gasteiger partial charge < -0.3 is 15.0 Å². The molecule has 0 saturated carbocycles. The predicted octanol–water partition coefficient (Wildman–Crippen LogP) is 6.22.